The van der Waals surface area contributed by atoms with Gasteiger partial charge in [0.1, 0.15) is 35.8 Å². The van der Waals surface area contributed by atoms with Crippen molar-refractivity contribution in [2.45, 2.75) is 45.4 Å². The third-order valence-corrected chi connectivity index (χ3v) is 7.16. The maximum absolute atomic E-state index is 15.1. The number of nitrogens with one attached hydrogen (secondary N) is 1. The first-order valence-corrected chi connectivity index (χ1v) is 14.1. The molecular weight excluding hydrogens is 671 g/mol. The second-order valence-corrected chi connectivity index (χ2v) is 12.1. The summed E-state index contributed by atoms with van der Waals surface area (Å²) < 4.78 is 42.6. The van der Waals surface area contributed by atoms with Crippen LogP contribution in [0.5, 0.6) is 0 Å². The van der Waals surface area contributed by atoms with Crippen LogP contribution in [0.4, 0.5) is 25.0 Å². The number of halogens is 3. The number of esters is 1. The molecule has 1 aromatic carbocycles. The van der Waals surface area contributed by atoms with Gasteiger partial charge < -0.3 is 24.8 Å². The Morgan fingerprint density at radius 3 is 2.62 bits per heavy atom. The van der Waals surface area contributed by atoms with Crippen LogP contribution in [0.2, 0.25) is 0 Å². The minimum atomic E-state index is -1.35. The van der Waals surface area contributed by atoms with Crippen LogP contribution in [0, 0.1) is 21.1 Å². The molecule has 2 aromatic heterocycles. The first-order valence-electron chi connectivity index (χ1n) is 13.0. The van der Waals surface area contributed by atoms with Crippen LogP contribution in [-0.4, -0.2) is 67.6 Å². The zero-order valence-corrected chi connectivity index (χ0v) is 25.5. The number of ether oxygens (including phenoxy) is 2. The smallest absolute Gasteiger partial charge is 0.410 e. The predicted octanol–water partition coefficient (Wildman–Crippen LogP) is 2.88. The highest BCUT2D eigenvalue weighted by Gasteiger charge is 2.34. The highest BCUT2D eigenvalue weighted by molar-refractivity contribution is 14.1. The van der Waals surface area contributed by atoms with Crippen molar-refractivity contribution >= 4 is 57.1 Å². The molecule has 226 valence electrons. The summed E-state index contributed by atoms with van der Waals surface area (Å²) in [6, 6.07) is 4.09. The Bertz CT molecular complexity index is 1650. The Labute approximate surface area is 252 Å². The number of hydrogen-bond acceptors (Lipinski definition) is 9. The highest BCUT2D eigenvalue weighted by atomic mass is 127. The van der Waals surface area contributed by atoms with Crippen molar-refractivity contribution in [3.8, 4) is 0 Å². The lowest BCUT2D eigenvalue weighted by molar-refractivity contribution is -0.151. The summed E-state index contributed by atoms with van der Waals surface area (Å²) in [5.41, 5.74) is -3.46. The topological polar surface area (TPSA) is 145 Å². The summed E-state index contributed by atoms with van der Waals surface area (Å²) in [7, 11) is 1.24. The number of aliphatic hydroxyl groups excluding tert-OH is 1. The number of benzene rings is 1. The number of pyridine rings is 1. The first kappa shape index (κ1) is 31.3. The Kier molecular flexibility index (Phi) is 9.20. The van der Waals surface area contributed by atoms with E-state index in [1.165, 1.54) is 24.1 Å². The molecule has 2 atom stereocenters. The molecule has 12 nitrogen and oxygen atoms in total. The van der Waals surface area contributed by atoms with E-state index in [0.717, 1.165) is 15.5 Å². The Hall–Kier alpha value is -3.60. The van der Waals surface area contributed by atoms with Crippen molar-refractivity contribution in [1.82, 2.24) is 19.0 Å². The number of hydrogen-bond donors (Lipinski definition) is 2. The van der Waals surface area contributed by atoms with Gasteiger partial charge in [0.15, 0.2) is 5.65 Å². The second kappa shape index (κ2) is 12.3. The van der Waals surface area contributed by atoms with Gasteiger partial charge in [-0.15, -0.1) is 0 Å². The largest absolute Gasteiger partial charge is 0.463 e. The summed E-state index contributed by atoms with van der Waals surface area (Å²) in [6.45, 7) is 4.80. The Balaban J connectivity index is 1.49. The van der Waals surface area contributed by atoms with Crippen LogP contribution in [0.3, 0.4) is 0 Å². The standard InChI is InChI=1S/C27H30F2IN5O7/c1-27(2,3)42-26(40)34-8-7-14(10-34)25(39)41-12-16(36)11-35-13-31-22-19(23(35)37)21(20(29)24(38)33(22)4)32-18-6-5-15(30)9-17(18)28/h5-6,9,13-14,16,32,36H,7-8,10-12H2,1-4H3/t14-,16?/m0/s1. The highest BCUT2D eigenvalue weighted by Crippen LogP contribution is 2.27. The molecule has 42 heavy (non-hydrogen) atoms. The van der Waals surface area contributed by atoms with E-state index in [1.54, 1.807) is 26.8 Å². The summed E-state index contributed by atoms with van der Waals surface area (Å²) in [5.74, 6) is -3.26. The first-order chi connectivity index (χ1) is 19.7. The molecule has 1 saturated heterocycles. The van der Waals surface area contributed by atoms with Gasteiger partial charge in [-0.25, -0.2) is 14.2 Å². The molecule has 0 saturated carbocycles. The van der Waals surface area contributed by atoms with Gasteiger partial charge in [-0.3, -0.25) is 23.5 Å². The number of anilines is 2. The fraction of sp³-hybridized carbons (Fsp3) is 0.444. The lowest BCUT2D eigenvalue weighted by Crippen LogP contribution is -2.36. The van der Waals surface area contributed by atoms with E-state index < -0.39 is 64.7 Å². The van der Waals surface area contributed by atoms with Crippen LogP contribution in [-0.2, 0) is 27.9 Å². The minimum Gasteiger partial charge on any atom is -0.463 e. The molecule has 1 amide bonds. The van der Waals surface area contributed by atoms with Crippen molar-refractivity contribution in [3.05, 3.63) is 60.4 Å². The Morgan fingerprint density at radius 2 is 1.95 bits per heavy atom. The molecule has 1 unspecified atom stereocenters. The van der Waals surface area contributed by atoms with Gasteiger partial charge in [0.25, 0.3) is 11.1 Å². The Morgan fingerprint density at radius 1 is 1.24 bits per heavy atom. The zero-order valence-electron chi connectivity index (χ0n) is 23.3. The minimum absolute atomic E-state index is 0.110. The number of rotatable bonds is 7. The number of fused-ring (bicyclic) bond motifs is 1. The monoisotopic (exact) mass is 701 g/mol. The van der Waals surface area contributed by atoms with Crippen molar-refractivity contribution in [3.63, 3.8) is 0 Å². The van der Waals surface area contributed by atoms with Crippen LogP contribution < -0.4 is 16.4 Å². The summed E-state index contributed by atoms with van der Waals surface area (Å²) in [6.07, 6.45) is -0.452. The molecule has 0 radical (unpaired) electrons. The molecule has 1 aliphatic rings. The fourth-order valence-electron chi connectivity index (χ4n) is 4.41. The van der Waals surface area contributed by atoms with E-state index >= 15 is 4.39 Å². The summed E-state index contributed by atoms with van der Waals surface area (Å²) in [5, 5.41) is 12.7. The molecule has 15 heteroatoms. The van der Waals surface area contributed by atoms with Gasteiger partial charge in [-0.1, -0.05) is 0 Å². The van der Waals surface area contributed by atoms with Gasteiger partial charge in [0.2, 0.25) is 5.82 Å². The molecule has 0 bridgehead atoms. The van der Waals surface area contributed by atoms with E-state index in [4.69, 9.17) is 9.47 Å². The molecule has 1 aliphatic heterocycles. The van der Waals surface area contributed by atoms with Crippen molar-refractivity contribution < 1.29 is 33.0 Å². The van der Waals surface area contributed by atoms with Crippen molar-refractivity contribution in [2.24, 2.45) is 13.0 Å². The van der Waals surface area contributed by atoms with Gasteiger partial charge in [0.05, 0.1) is 23.8 Å². The van der Waals surface area contributed by atoms with E-state index in [1.807, 2.05) is 22.6 Å². The molecule has 0 spiro atoms. The van der Waals surface area contributed by atoms with E-state index in [9.17, 15) is 28.7 Å². The molecule has 0 aliphatic carbocycles. The third-order valence-electron chi connectivity index (χ3n) is 6.49. The van der Waals surface area contributed by atoms with Gasteiger partial charge in [0, 0.05) is 23.7 Å². The number of likely N-dealkylation sites (tertiary alicyclic amines) is 1. The molecule has 2 N–H and O–H groups in total. The molecular formula is C27H30F2IN5O7. The maximum Gasteiger partial charge on any atom is 0.410 e. The number of aliphatic hydroxyl groups is 1. The SMILES string of the molecule is Cn1c(=O)c(F)c(Nc2ccc(I)cc2F)c2c(=O)n(CC(O)COC(=O)[C@H]3CCN(C(=O)OC(C)(C)C)C3)cnc21. The molecule has 3 aromatic rings. The van der Waals surface area contributed by atoms with E-state index in [2.05, 4.69) is 10.3 Å². The van der Waals surface area contributed by atoms with Gasteiger partial charge in [-0.2, -0.15) is 4.39 Å². The number of amides is 1. The zero-order chi connectivity index (χ0) is 30.9. The number of carbonyl (C=O) groups is 2. The number of aromatic nitrogens is 3. The molecule has 4 rings (SSSR count). The van der Waals surface area contributed by atoms with Gasteiger partial charge >= 0.3 is 12.1 Å². The van der Waals surface area contributed by atoms with Crippen LogP contribution in [0.25, 0.3) is 11.0 Å². The van der Waals surface area contributed by atoms with E-state index in [-0.39, 0.29) is 29.8 Å². The average molecular weight is 701 g/mol. The van der Waals surface area contributed by atoms with Crippen molar-refractivity contribution in [2.75, 3.05) is 25.0 Å². The molecule has 3 heterocycles. The second-order valence-electron chi connectivity index (χ2n) is 10.9. The number of aryl methyl sites for hydroxylation is 1. The van der Waals surface area contributed by atoms with Crippen LogP contribution >= 0.6 is 22.6 Å². The third kappa shape index (κ3) is 6.88. The lowest BCUT2D eigenvalue weighted by Gasteiger charge is -2.24. The summed E-state index contributed by atoms with van der Waals surface area (Å²) >= 11 is 1.90. The van der Waals surface area contributed by atoms with E-state index in [0.29, 0.717) is 16.5 Å². The fourth-order valence-corrected chi connectivity index (χ4v) is 4.86. The lowest BCUT2D eigenvalue weighted by atomic mass is 10.1. The summed E-state index contributed by atoms with van der Waals surface area (Å²) in [4.78, 5) is 56.2. The van der Waals surface area contributed by atoms with Crippen molar-refractivity contribution in [1.29, 1.82) is 0 Å². The molecule has 1 fully saturated rings. The van der Waals surface area contributed by atoms with Gasteiger partial charge in [-0.05, 0) is 68.0 Å². The quantitative estimate of drug-likeness (QED) is 0.281. The maximum atomic E-state index is 15.1. The van der Waals surface area contributed by atoms with Crippen LogP contribution in [0.15, 0.2) is 34.1 Å². The predicted molar refractivity (Wildman–Crippen MR) is 156 cm³/mol. The number of carbonyl (C=O) groups excluding carboxylic acids is 2. The average Bonchev–Trinajstić information content (AvgIpc) is 3.41. The van der Waals surface area contributed by atoms with Crippen LogP contribution in [0.1, 0.15) is 27.2 Å². The number of nitrogens with zero attached hydrogens (tertiary/aromatic N) is 4. The normalized spacial score (nSPS) is 16.0.